The Labute approximate surface area is 146 Å². The van der Waals surface area contributed by atoms with Gasteiger partial charge in [-0.3, -0.25) is 14.9 Å². The lowest BCUT2D eigenvalue weighted by molar-refractivity contribution is -0.384. The number of rotatable bonds is 7. The Hall–Kier alpha value is -2.47. The summed E-state index contributed by atoms with van der Waals surface area (Å²) in [7, 11) is 0. The zero-order chi connectivity index (χ0) is 18.1. The Bertz CT molecular complexity index is 705. The van der Waals surface area contributed by atoms with Gasteiger partial charge in [-0.1, -0.05) is 28.8 Å². The molecule has 0 radical (unpaired) electrons. The van der Waals surface area contributed by atoms with E-state index in [0.717, 1.165) is 24.5 Å². The Morgan fingerprint density at radius 1 is 1.38 bits per heavy atom. The van der Waals surface area contributed by atoms with Crippen LogP contribution in [0.25, 0.3) is 0 Å². The Kier molecular flexibility index (Phi) is 7.85. The summed E-state index contributed by atoms with van der Waals surface area (Å²) < 4.78 is 0. The van der Waals surface area contributed by atoms with E-state index in [1.54, 1.807) is 0 Å². The van der Waals surface area contributed by atoms with Gasteiger partial charge < -0.3 is 0 Å². The van der Waals surface area contributed by atoms with Crippen molar-refractivity contribution >= 4 is 29.4 Å². The molecule has 0 aliphatic rings. The standard InChI is InChI=1S/C17H20ClN3O3/c1-12(2)5-4-6-13(3)9-10-19-20-17(22)14-7-8-15(18)16(11-14)21(23)24/h5,7-11H,4,6H2,1-3H3,(H,20,22)/b13-9+,19-10+. The molecular weight excluding hydrogens is 330 g/mol. The topological polar surface area (TPSA) is 84.6 Å². The predicted octanol–water partition coefficient (Wildman–Crippen LogP) is 4.66. The lowest BCUT2D eigenvalue weighted by Crippen LogP contribution is -2.17. The summed E-state index contributed by atoms with van der Waals surface area (Å²) in [6, 6.07) is 3.83. The van der Waals surface area contributed by atoms with E-state index in [9.17, 15) is 14.9 Å². The molecule has 6 nitrogen and oxygen atoms in total. The summed E-state index contributed by atoms with van der Waals surface area (Å²) in [5, 5.41) is 14.6. The molecule has 1 aromatic rings. The summed E-state index contributed by atoms with van der Waals surface area (Å²) in [5.41, 5.74) is 4.53. The number of nitrogens with zero attached hydrogens (tertiary/aromatic N) is 2. The van der Waals surface area contributed by atoms with Crippen molar-refractivity contribution in [1.82, 2.24) is 5.43 Å². The highest BCUT2D eigenvalue weighted by atomic mass is 35.5. The van der Waals surface area contributed by atoms with E-state index in [1.165, 1.54) is 23.9 Å². The third-order valence-electron chi connectivity index (χ3n) is 3.10. The fourth-order valence-corrected chi connectivity index (χ4v) is 1.98. The van der Waals surface area contributed by atoms with E-state index in [1.807, 2.05) is 13.0 Å². The first kappa shape index (κ1) is 19.6. The minimum absolute atomic E-state index is 0.0185. The van der Waals surface area contributed by atoms with Gasteiger partial charge in [0.05, 0.1) is 4.92 Å². The highest BCUT2D eigenvalue weighted by molar-refractivity contribution is 6.32. The highest BCUT2D eigenvalue weighted by Crippen LogP contribution is 2.24. The van der Waals surface area contributed by atoms with Gasteiger partial charge in [-0.15, -0.1) is 0 Å². The summed E-state index contributed by atoms with van der Waals surface area (Å²) in [4.78, 5) is 22.1. The second-order valence-electron chi connectivity index (χ2n) is 5.48. The minimum atomic E-state index is -0.638. The van der Waals surface area contributed by atoms with Gasteiger partial charge in [0.25, 0.3) is 11.6 Å². The summed E-state index contributed by atoms with van der Waals surface area (Å²) in [5.74, 6) is -0.540. The smallest absolute Gasteiger partial charge is 0.267 e. The molecule has 0 unspecified atom stereocenters. The van der Waals surface area contributed by atoms with E-state index in [4.69, 9.17) is 11.6 Å². The van der Waals surface area contributed by atoms with Crippen molar-refractivity contribution in [2.75, 3.05) is 0 Å². The molecule has 0 saturated carbocycles. The van der Waals surface area contributed by atoms with Gasteiger partial charge in [-0.25, -0.2) is 5.43 Å². The number of hydrogen-bond acceptors (Lipinski definition) is 4. The van der Waals surface area contributed by atoms with Gasteiger partial charge in [0.2, 0.25) is 0 Å². The number of nitrogens with one attached hydrogen (secondary N) is 1. The number of amides is 1. The average Bonchev–Trinajstić information content (AvgIpc) is 2.51. The SMILES string of the molecule is CC(C)=CCC/C(C)=C/C=N/NC(=O)c1ccc(Cl)c([N+](=O)[O-])c1. The molecular formula is C17H20ClN3O3. The fraction of sp³-hybridized carbons (Fsp3) is 0.294. The van der Waals surface area contributed by atoms with Gasteiger partial charge in [-0.05, 0) is 51.8 Å². The number of hydrazone groups is 1. The Morgan fingerprint density at radius 3 is 2.71 bits per heavy atom. The van der Waals surface area contributed by atoms with Crippen LogP contribution in [0.5, 0.6) is 0 Å². The third kappa shape index (κ3) is 6.75. The molecule has 128 valence electrons. The van der Waals surface area contributed by atoms with E-state index in [0.29, 0.717) is 0 Å². The van der Waals surface area contributed by atoms with Crippen molar-refractivity contribution < 1.29 is 9.72 Å². The molecule has 1 aromatic carbocycles. The average molecular weight is 350 g/mol. The maximum absolute atomic E-state index is 11.9. The maximum Gasteiger partial charge on any atom is 0.288 e. The number of carbonyl (C=O) groups excluding carboxylic acids is 1. The van der Waals surface area contributed by atoms with E-state index >= 15 is 0 Å². The zero-order valence-corrected chi connectivity index (χ0v) is 14.6. The van der Waals surface area contributed by atoms with Crippen LogP contribution in [0.1, 0.15) is 44.0 Å². The molecule has 1 rings (SSSR count). The summed E-state index contributed by atoms with van der Waals surface area (Å²) in [6.07, 6.45) is 7.32. The van der Waals surface area contributed by atoms with Gasteiger partial charge in [0.15, 0.2) is 0 Å². The third-order valence-corrected chi connectivity index (χ3v) is 3.42. The van der Waals surface area contributed by atoms with Crippen LogP contribution in [0.4, 0.5) is 5.69 Å². The fourth-order valence-electron chi connectivity index (χ4n) is 1.79. The van der Waals surface area contributed by atoms with Crippen LogP contribution in [-0.2, 0) is 0 Å². The molecule has 0 heterocycles. The van der Waals surface area contributed by atoms with Crippen LogP contribution in [0.15, 0.2) is 46.6 Å². The molecule has 0 spiro atoms. The van der Waals surface area contributed by atoms with Crippen LogP contribution < -0.4 is 5.43 Å². The first-order valence-corrected chi connectivity index (χ1v) is 7.75. The van der Waals surface area contributed by atoms with Crippen molar-refractivity contribution in [1.29, 1.82) is 0 Å². The second-order valence-corrected chi connectivity index (χ2v) is 5.88. The molecule has 0 aliphatic carbocycles. The number of allylic oxidation sites excluding steroid dienone is 4. The molecule has 24 heavy (non-hydrogen) atoms. The second kappa shape index (κ2) is 9.62. The van der Waals surface area contributed by atoms with Crippen molar-refractivity contribution in [2.45, 2.75) is 33.6 Å². The molecule has 0 fully saturated rings. The highest BCUT2D eigenvalue weighted by Gasteiger charge is 2.15. The first-order chi connectivity index (χ1) is 11.3. The lowest BCUT2D eigenvalue weighted by atomic mass is 10.1. The quantitative estimate of drug-likeness (QED) is 0.336. The molecule has 0 aromatic heterocycles. The van der Waals surface area contributed by atoms with E-state index < -0.39 is 10.8 Å². The van der Waals surface area contributed by atoms with Crippen LogP contribution in [0, 0.1) is 10.1 Å². The van der Waals surface area contributed by atoms with Crippen LogP contribution in [-0.4, -0.2) is 17.0 Å². The van der Waals surface area contributed by atoms with Crippen LogP contribution in [0.2, 0.25) is 5.02 Å². The van der Waals surface area contributed by atoms with Crippen molar-refractivity contribution in [3.63, 3.8) is 0 Å². The van der Waals surface area contributed by atoms with Gasteiger partial charge in [-0.2, -0.15) is 5.10 Å². The van der Waals surface area contributed by atoms with Crippen molar-refractivity contribution in [3.05, 3.63) is 62.2 Å². The zero-order valence-electron chi connectivity index (χ0n) is 13.9. The molecule has 0 aliphatic heterocycles. The minimum Gasteiger partial charge on any atom is -0.267 e. The maximum atomic E-state index is 11.9. The molecule has 1 N–H and O–H groups in total. The Morgan fingerprint density at radius 2 is 2.08 bits per heavy atom. The molecule has 1 amide bonds. The number of nitro groups is 1. The van der Waals surface area contributed by atoms with Gasteiger partial charge in [0, 0.05) is 17.8 Å². The molecule has 0 saturated heterocycles. The monoisotopic (exact) mass is 349 g/mol. The number of halogens is 1. The van der Waals surface area contributed by atoms with Crippen LogP contribution >= 0.6 is 11.6 Å². The summed E-state index contributed by atoms with van der Waals surface area (Å²) in [6.45, 7) is 6.09. The van der Waals surface area contributed by atoms with Gasteiger partial charge in [0.1, 0.15) is 5.02 Å². The van der Waals surface area contributed by atoms with E-state index in [-0.39, 0.29) is 16.3 Å². The Balaban J connectivity index is 2.61. The van der Waals surface area contributed by atoms with Crippen LogP contribution in [0.3, 0.4) is 0 Å². The number of nitro benzene ring substituents is 1. The van der Waals surface area contributed by atoms with E-state index in [2.05, 4.69) is 30.5 Å². The number of carbonyl (C=O) groups is 1. The largest absolute Gasteiger partial charge is 0.288 e. The molecule has 0 atom stereocenters. The van der Waals surface area contributed by atoms with Crippen molar-refractivity contribution in [2.24, 2.45) is 5.10 Å². The molecule has 7 heteroatoms. The molecule has 0 bridgehead atoms. The van der Waals surface area contributed by atoms with Gasteiger partial charge >= 0.3 is 0 Å². The lowest BCUT2D eigenvalue weighted by Gasteiger charge is -2.01. The number of benzene rings is 1. The first-order valence-electron chi connectivity index (χ1n) is 7.37. The number of hydrogen-bond donors (Lipinski definition) is 1. The van der Waals surface area contributed by atoms with Crippen molar-refractivity contribution in [3.8, 4) is 0 Å². The predicted molar refractivity (Wildman–Crippen MR) is 96.5 cm³/mol. The normalized spacial score (nSPS) is 11.4. The summed E-state index contributed by atoms with van der Waals surface area (Å²) >= 11 is 5.70.